The van der Waals surface area contributed by atoms with Crippen molar-refractivity contribution in [3.05, 3.63) is 36.4 Å². The molecular formula is C10H9ClO2. The molecule has 0 fully saturated rings. The molecular weight excluding hydrogens is 188 g/mol. The first-order valence-electron chi connectivity index (χ1n) is 3.68. The molecule has 0 saturated carbocycles. The van der Waals surface area contributed by atoms with Gasteiger partial charge in [0.25, 0.3) is 0 Å². The Balaban J connectivity index is 0.000000845. The second kappa shape index (κ2) is 3.54. The second-order valence-corrected chi connectivity index (χ2v) is 2.69. The lowest BCUT2D eigenvalue weighted by Gasteiger charge is -2.00. The largest absolute Gasteiger partial charge is 0.508 e. The van der Waals surface area contributed by atoms with E-state index in [0.717, 1.165) is 10.8 Å². The molecule has 0 aromatic heterocycles. The number of fused-ring (bicyclic) bond motifs is 1. The molecule has 2 rings (SSSR count). The summed E-state index contributed by atoms with van der Waals surface area (Å²) in [6, 6.07) is 10.3. The first kappa shape index (κ1) is 9.68. The molecule has 2 aromatic carbocycles. The third-order valence-corrected chi connectivity index (χ3v) is 1.82. The number of halogens is 1. The van der Waals surface area contributed by atoms with E-state index in [4.69, 9.17) is 5.11 Å². The highest BCUT2D eigenvalue weighted by Gasteiger charge is 1.99. The highest BCUT2D eigenvalue weighted by molar-refractivity contribution is 5.89. The number of hydrogen-bond donors (Lipinski definition) is 2. The Hall–Kier alpha value is -1.41. The zero-order valence-electron chi connectivity index (χ0n) is 6.77. The van der Waals surface area contributed by atoms with Gasteiger partial charge in [-0.1, -0.05) is 24.3 Å². The topological polar surface area (TPSA) is 40.5 Å². The Morgan fingerprint density at radius 2 is 1.62 bits per heavy atom. The SMILES string of the molecule is Cl.Oc1cc(O)c2ccccc2c1. The molecule has 0 saturated heterocycles. The van der Waals surface area contributed by atoms with Crippen LogP contribution >= 0.6 is 12.4 Å². The van der Waals surface area contributed by atoms with Crippen LogP contribution < -0.4 is 0 Å². The molecule has 2 aromatic rings. The molecule has 0 aliphatic rings. The summed E-state index contributed by atoms with van der Waals surface area (Å²) in [5.41, 5.74) is 0. The van der Waals surface area contributed by atoms with Gasteiger partial charge in [0.2, 0.25) is 0 Å². The molecule has 0 amide bonds. The van der Waals surface area contributed by atoms with E-state index >= 15 is 0 Å². The van der Waals surface area contributed by atoms with E-state index in [1.807, 2.05) is 24.3 Å². The van der Waals surface area contributed by atoms with E-state index in [0.29, 0.717) is 0 Å². The van der Waals surface area contributed by atoms with E-state index in [9.17, 15) is 5.11 Å². The van der Waals surface area contributed by atoms with Gasteiger partial charge in [-0.2, -0.15) is 0 Å². The maximum atomic E-state index is 9.39. The summed E-state index contributed by atoms with van der Waals surface area (Å²) in [4.78, 5) is 0. The highest BCUT2D eigenvalue weighted by Crippen LogP contribution is 2.28. The predicted molar refractivity (Wildman–Crippen MR) is 54.5 cm³/mol. The molecule has 0 spiro atoms. The molecule has 2 N–H and O–H groups in total. The number of aromatic hydroxyl groups is 2. The monoisotopic (exact) mass is 196 g/mol. The normalized spacial score (nSPS) is 9.54. The molecule has 0 bridgehead atoms. The van der Waals surface area contributed by atoms with Gasteiger partial charge in [-0.25, -0.2) is 0 Å². The van der Waals surface area contributed by atoms with Crippen molar-refractivity contribution < 1.29 is 10.2 Å². The average Bonchev–Trinajstić information content (AvgIpc) is 2.04. The van der Waals surface area contributed by atoms with Gasteiger partial charge in [0, 0.05) is 11.5 Å². The van der Waals surface area contributed by atoms with Crippen LogP contribution in [0, 0.1) is 0 Å². The van der Waals surface area contributed by atoms with Gasteiger partial charge in [0.15, 0.2) is 0 Å². The number of hydrogen-bond acceptors (Lipinski definition) is 2. The third kappa shape index (κ3) is 1.68. The minimum absolute atomic E-state index is 0. The van der Waals surface area contributed by atoms with E-state index in [2.05, 4.69) is 0 Å². The number of phenols is 2. The van der Waals surface area contributed by atoms with E-state index in [1.165, 1.54) is 6.07 Å². The Bertz CT molecular complexity index is 426. The maximum absolute atomic E-state index is 9.39. The molecule has 0 aliphatic heterocycles. The zero-order valence-corrected chi connectivity index (χ0v) is 7.58. The molecule has 13 heavy (non-hydrogen) atoms. The number of rotatable bonds is 0. The van der Waals surface area contributed by atoms with Crippen LogP contribution in [0.2, 0.25) is 0 Å². The summed E-state index contributed by atoms with van der Waals surface area (Å²) in [5, 5.41) is 20.1. The fourth-order valence-electron chi connectivity index (χ4n) is 1.27. The minimum atomic E-state index is 0. The van der Waals surface area contributed by atoms with Gasteiger partial charge in [0.1, 0.15) is 11.5 Å². The predicted octanol–water partition coefficient (Wildman–Crippen LogP) is 2.67. The van der Waals surface area contributed by atoms with Crippen molar-refractivity contribution in [1.29, 1.82) is 0 Å². The van der Waals surface area contributed by atoms with Gasteiger partial charge >= 0.3 is 0 Å². The Labute approximate surface area is 81.9 Å². The lowest BCUT2D eigenvalue weighted by atomic mass is 10.1. The summed E-state index contributed by atoms with van der Waals surface area (Å²) >= 11 is 0. The number of phenolic OH excluding ortho intramolecular Hbond substituents is 2. The van der Waals surface area contributed by atoms with Crippen LogP contribution in [-0.2, 0) is 0 Å². The second-order valence-electron chi connectivity index (χ2n) is 2.69. The van der Waals surface area contributed by atoms with E-state index < -0.39 is 0 Å². The lowest BCUT2D eigenvalue weighted by molar-refractivity contribution is 0.455. The quantitative estimate of drug-likeness (QED) is 0.680. The van der Waals surface area contributed by atoms with E-state index in [-0.39, 0.29) is 23.9 Å². The summed E-state index contributed by atoms with van der Waals surface area (Å²) < 4.78 is 0. The molecule has 0 heterocycles. The van der Waals surface area contributed by atoms with Crippen molar-refractivity contribution in [1.82, 2.24) is 0 Å². The van der Waals surface area contributed by atoms with Crippen molar-refractivity contribution >= 4 is 23.2 Å². The van der Waals surface area contributed by atoms with Crippen LogP contribution in [0.3, 0.4) is 0 Å². The van der Waals surface area contributed by atoms with Crippen LogP contribution in [0.4, 0.5) is 0 Å². The van der Waals surface area contributed by atoms with Gasteiger partial charge < -0.3 is 10.2 Å². The maximum Gasteiger partial charge on any atom is 0.127 e. The van der Waals surface area contributed by atoms with Crippen LogP contribution in [-0.4, -0.2) is 10.2 Å². The van der Waals surface area contributed by atoms with Crippen molar-refractivity contribution in [2.24, 2.45) is 0 Å². The molecule has 0 atom stereocenters. The Kier molecular flexibility index (Phi) is 2.63. The average molecular weight is 197 g/mol. The van der Waals surface area contributed by atoms with Crippen molar-refractivity contribution in [2.45, 2.75) is 0 Å². The first-order chi connectivity index (χ1) is 5.77. The molecule has 3 heteroatoms. The lowest BCUT2D eigenvalue weighted by Crippen LogP contribution is -1.73. The van der Waals surface area contributed by atoms with E-state index in [1.54, 1.807) is 6.07 Å². The standard InChI is InChI=1S/C10H8O2.ClH/c11-8-5-7-3-1-2-4-9(7)10(12)6-8;/h1-6,11-12H;1H. The molecule has 68 valence electrons. The summed E-state index contributed by atoms with van der Waals surface area (Å²) in [6.07, 6.45) is 0. The molecule has 0 radical (unpaired) electrons. The minimum Gasteiger partial charge on any atom is -0.508 e. The fraction of sp³-hybridized carbons (Fsp3) is 0. The summed E-state index contributed by atoms with van der Waals surface area (Å²) in [7, 11) is 0. The van der Waals surface area contributed by atoms with Gasteiger partial charge in [-0.15, -0.1) is 12.4 Å². The Morgan fingerprint density at radius 1 is 0.923 bits per heavy atom. The highest BCUT2D eigenvalue weighted by atomic mass is 35.5. The zero-order chi connectivity index (χ0) is 8.55. The molecule has 0 aliphatic carbocycles. The number of benzene rings is 2. The van der Waals surface area contributed by atoms with Crippen LogP contribution in [0.25, 0.3) is 10.8 Å². The molecule has 2 nitrogen and oxygen atoms in total. The first-order valence-corrected chi connectivity index (χ1v) is 3.68. The molecule has 0 unspecified atom stereocenters. The van der Waals surface area contributed by atoms with Crippen molar-refractivity contribution in [3.63, 3.8) is 0 Å². The van der Waals surface area contributed by atoms with Crippen LogP contribution in [0.5, 0.6) is 11.5 Å². The van der Waals surface area contributed by atoms with Crippen molar-refractivity contribution in [2.75, 3.05) is 0 Å². The van der Waals surface area contributed by atoms with Gasteiger partial charge in [-0.05, 0) is 11.5 Å². The van der Waals surface area contributed by atoms with Crippen molar-refractivity contribution in [3.8, 4) is 11.5 Å². The summed E-state index contributed by atoms with van der Waals surface area (Å²) in [5.74, 6) is 0.205. The Morgan fingerprint density at radius 3 is 2.38 bits per heavy atom. The van der Waals surface area contributed by atoms with Crippen LogP contribution in [0.15, 0.2) is 36.4 Å². The third-order valence-electron chi connectivity index (χ3n) is 1.82. The van der Waals surface area contributed by atoms with Gasteiger partial charge in [0.05, 0.1) is 0 Å². The van der Waals surface area contributed by atoms with Crippen LogP contribution in [0.1, 0.15) is 0 Å². The fourth-order valence-corrected chi connectivity index (χ4v) is 1.27. The van der Waals surface area contributed by atoms with Gasteiger partial charge in [-0.3, -0.25) is 0 Å². The summed E-state index contributed by atoms with van der Waals surface area (Å²) in [6.45, 7) is 0. The smallest absolute Gasteiger partial charge is 0.127 e.